The number of hydrogen-bond donors (Lipinski definition) is 2. The second-order valence-corrected chi connectivity index (χ2v) is 5.58. The third-order valence-corrected chi connectivity index (χ3v) is 3.44. The predicted molar refractivity (Wildman–Crippen MR) is 88.5 cm³/mol. The summed E-state index contributed by atoms with van der Waals surface area (Å²) in [6, 6.07) is 13.4. The second-order valence-electron chi connectivity index (χ2n) is 4.67. The van der Waals surface area contributed by atoms with E-state index in [0.717, 1.165) is 4.47 Å². The summed E-state index contributed by atoms with van der Waals surface area (Å²) < 4.78 is 6.04. The number of benzene rings is 2. The van der Waals surface area contributed by atoms with Crippen LogP contribution in [0.25, 0.3) is 0 Å². The Morgan fingerprint density at radius 2 is 1.68 bits per heavy atom. The van der Waals surface area contributed by atoms with E-state index < -0.39 is 18.0 Å². The van der Waals surface area contributed by atoms with Gasteiger partial charge in [-0.15, -0.1) is 0 Å². The lowest BCUT2D eigenvalue weighted by Gasteiger charge is -2.13. The van der Waals surface area contributed by atoms with Gasteiger partial charge < -0.3 is 15.8 Å². The van der Waals surface area contributed by atoms with Crippen LogP contribution in [0.5, 0.6) is 0 Å². The Kier molecular flexibility index (Phi) is 5.16. The highest BCUT2D eigenvalue weighted by Crippen LogP contribution is 2.15. The lowest BCUT2D eigenvalue weighted by molar-refractivity contribution is -0.123. The van der Waals surface area contributed by atoms with Gasteiger partial charge >= 0.3 is 5.97 Å². The van der Waals surface area contributed by atoms with E-state index in [2.05, 4.69) is 21.2 Å². The number of anilines is 2. The second kappa shape index (κ2) is 7.09. The van der Waals surface area contributed by atoms with Crippen LogP contribution in [0, 0.1) is 0 Å². The van der Waals surface area contributed by atoms with Crippen molar-refractivity contribution in [2.24, 2.45) is 0 Å². The highest BCUT2D eigenvalue weighted by Gasteiger charge is 2.18. The number of nitrogens with two attached hydrogens (primary N) is 1. The molecular formula is C16H15BrN2O3. The van der Waals surface area contributed by atoms with E-state index in [4.69, 9.17) is 10.5 Å². The van der Waals surface area contributed by atoms with Crippen molar-refractivity contribution in [1.29, 1.82) is 0 Å². The molecule has 0 heterocycles. The number of ether oxygens (including phenoxy) is 1. The fourth-order valence-electron chi connectivity index (χ4n) is 1.68. The van der Waals surface area contributed by atoms with E-state index in [1.165, 1.54) is 6.92 Å². The van der Waals surface area contributed by atoms with Gasteiger partial charge in [-0.3, -0.25) is 4.79 Å². The van der Waals surface area contributed by atoms with Crippen molar-refractivity contribution in [3.05, 3.63) is 58.6 Å². The SMILES string of the molecule is C[C@@H](OC(=O)c1ccc(N)cc1)C(=O)Nc1ccc(Br)cc1. The molecule has 0 saturated carbocycles. The maximum atomic E-state index is 12.0. The quantitative estimate of drug-likeness (QED) is 0.646. The number of esters is 1. The van der Waals surface area contributed by atoms with Crippen molar-refractivity contribution in [3.8, 4) is 0 Å². The topological polar surface area (TPSA) is 81.4 Å². The van der Waals surface area contributed by atoms with E-state index in [0.29, 0.717) is 16.9 Å². The summed E-state index contributed by atoms with van der Waals surface area (Å²) in [7, 11) is 0. The Balaban J connectivity index is 1.94. The van der Waals surface area contributed by atoms with Crippen molar-refractivity contribution >= 4 is 39.2 Å². The summed E-state index contributed by atoms with van der Waals surface area (Å²) in [6.45, 7) is 1.52. The van der Waals surface area contributed by atoms with Gasteiger partial charge in [-0.2, -0.15) is 0 Å². The van der Waals surface area contributed by atoms with Crippen LogP contribution in [0.4, 0.5) is 11.4 Å². The Morgan fingerprint density at radius 3 is 2.27 bits per heavy atom. The molecule has 0 aliphatic heterocycles. The van der Waals surface area contributed by atoms with E-state index in [1.54, 1.807) is 48.5 Å². The molecule has 0 spiro atoms. The molecule has 0 fully saturated rings. The van der Waals surface area contributed by atoms with Crippen LogP contribution in [0.3, 0.4) is 0 Å². The van der Waals surface area contributed by atoms with E-state index in [1.807, 2.05) is 0 Å². The number of halogens is 1. The Hall–Kier alpha value is -2.34. The third kappa shape index (κ3) is 4.33. The smallest absolute Gasteiger partial charge is 0.338 e. The molecule has 0 unspecified atom stereocenters. The fourth-order valence-corrected chi connectivity index (χ4v) is 1.94. The third-order valence-electron chi connectivity index (χ3n) is 2.91. The standard InChI is InChI=1S/C16H15BrN2O3/c1-10(15(20)19-14-8-4-12(17)5-9-14)22-16(21)11-2-6-13(18)7-3-11/h2-10H,18H2,1H3,(H,19,20)/t10-/m1/s1. The Labute approximate surface area is 136 Å². The molecule has 0 radical (unpaired) electrons. The van der Waals surface area contributed by atoms with Crippen molar-refractivity contribution in [3.63, 3.8) is 0 Å². The van der Waals surface area contributed by atoms with E-state index >= 15 is 0 Å². The number of carbonyl (C=O) groups excluding carboxylic acids is 2. The van der Waals surface area contributed by atoms with Gasteiger partial charge in [-0.1, -0.05) is 15.9 Å². The fraction of sp³-hybridized carbons (Fsp3) is 0.125. The average molecular weight is 363 g/mol. The molecule has 0 aliphatic carbocycles. The zero-order chi connectivity index (χ0) is 16.1. The van der Waals surface area contributed by atoms with Gasteiger partial charge in [0.25, 0.3) is 5.91 Å². The van der Waals surface area contributed by atoms with Gasteiger partial charge in [-0.05, 0) is 55.5 Å². The van der Waals surface area contributed by atoms with Crippen LogP contribution < -0.4 is 11.1 Å². The van der Waals surface area contributed by atoms with Crippen LogP contribution >= 0.6 is 15.9 Å². The van der Waals surface area contributed by atoms with Gasteiger partial charge in [0.15, 0.2) is 6.10 Å². The number of amides is 1. The van der Waals surface area contributed by atoms with Crippen molar-refractivity contribution in [2.75, 3.05) is 11.1 Å². The van der Waals surface area contributed by atoms with Crippen molar-refractivity contribution < 1.29 is 14.3 Å². The summed E-state index contributed by atoms with van der Waals surface area (Å²) in [4.78, 5) is 23.9. The summed E-state index contributed by atoms with van der Waals surface area (Å²) >= 11 is 3.31. The van der Waals surface area contributed by atoms with Gasteiger partial charge in [-0.25, -0.2) is 4.79 Å². The molecule has 3 N–H and O–H groups in total. The van der Waals surface area contributed by atoms with Gasteiger partial charge in [0.05, 0.1) is 5.56 Å². The number of rotatable bonds is 4. The molecule has 0 aromatic heterocycles. The molecule has 0 aliphatic rings. The zero-order valence-electron chi connectivity index (χ0n) is 11.9. The van der Waals surface area contributed by atoms with Gasteiger partial charge in [0.1, 0.15) is 0 Å². The first-order valence-electron chi connectivity index (χ1n) is 6.58. The summed E-state index contributed by atoms with van der Waals surface area (Å²) in [6.07, 6.45) is -0.909. The average Bonchev–Trinajstić information content (AvgIpc) is 2.50. The first-order valence-corrected chi connectivity index (χ1v) is 7.38. The minimum absolute atomic E-state index is 0.345. The minimum Gasteiger partial charge on any atom is -0.449 e. The maximum Gasteiger partial charge on any atom is 0.338 e. The summed E-state index contributed by atoms with van der Waals surface area (Å²) in [5.74, 6) is -0.968. The number of carbonyl (C=O) groups is 2. The monoisotopic (exact) mass is 362 g/mol. The van der Waals surface area contributed by atoms with Crippen molar-refractivity contribution in [1.82, 2.24) is 0 Å². The first kappa shape index (κ1) is 16.0. The summed E-state index contributed by atoms with van der Waals surface area (Å²) in [5, 5.41) is 2.68. The molecule has 5 nitrogen and oxygen atoms in total. The molecule has 2 aromatic carbocycles. The molecule has 22 heavy (non-hydrogen) atoms. The minimum atomic E-state index is -0.909. The highest BCUT2D eigenvalue weighted by molar-refractivity contribution is 9.10. The number of hydrogen-bond acceptors (Lipinski definition) is 4. The molecule has 2 aromatic rings. The lowest BCUT2D eigenvalue weighted by Crippen LogP contribution is -2.29. The van der Waals surface area contributed by atoms with Crippen LogP contribution in [0.2, 0.25) is 0 Å². The maximum absolute atomic E-state index is 12.0. The molecule has 2 rings (SSSR count). The van der Waals surface area contributed by atoms with E-state index in [9.17, 15) is 9.59 Å². The first-order chi connectivity index (χ1) is 10.5. The molecule has 1 amide bonds. The lowest BCUT2D eigenvalue weighted by atomic mass is 10.2. The molecule has 114 valence electrons. The normalized spacial score (nSPS) is 11.5. The van der Waals surface area contributed by atoms with Crippen LogP contribution in [-0.2, 0) is 9.53 Å². The molecule has 1 atom stereocenters. The van der Waals surface area contributed by atoms with Crippen molar-refractivity contribution in [2.45, 2.75) is 13.0 Å². The number of nitrogens with one attached hydrogen (secondary N) is 1. The molecular weight excluding hydrogens is 348 g/mol. The number of nitrogen functional groups attached to an aromatic ring is 1. The van der Waals surface area contributed by atoms with E-state index in [-0.39, 0.29) is 0 Å². The van der Waals surface area contributed by atoms with Crippen LogP contribution in [0.15, 0.2) is 53.0 Å². The highest BCUT2D eigenvalue weighted by atomic mass is 79.9. The molecule has 0 saturated heterocycles. The predicted octanol–water partition coefficient (Wildman–Crippen LogP) is 3.22. The van der Waals surface area contributed by atoms with Crippen LogP contribution in [0.1, 0.15) is 17.3 Å². The van der Waals surface area contributed by atoms with Crippen LogP contribution in [-0.4, -0.2) is 18.0 Å². The molecule has 6 heteroatoms. The summed E-state index contributed by atoms with van der Waals surface area (Å²) in [5.41, 5.74) is 7.08. The largest absolute Gasteiger partial charge is 0.449 e. The Bertz CT molecular complexity index is 669. The van der Waals surface area contributed by atoms with Gasteiger partial charge in [0.2, 0.25) is 0 Å². The molecule has 0 bridgehead atoms. The zero-order valence-corrected chi connectivity index (χ0v) is 13.5. The Morgan fingerprint density at radius 1 is 1.09 bits per heavy atom. The van der Waals surface area contributed by atoms with Gasteiger partial charge in [0, 0.05) is 15.8 Å².